The number of esters is 1. The largest absolute Gasteiger partial charge is 0.427 e. The summed E-state index contributed by atoms with van der Waals surface area (Å²) in [5.74, 6) is 2.85. The highest BCUT2D eigenvalue weighted by atomic mass is 16.5. The van der Waals surface area contributed by atoms with E-state index in [0.717, 1.165) is 44.9 Å². The van der Waals surface area contributed by atoms with Crippen LogP contribution in [0.3, 0.4) is 0 Å². The molecule has 3 aliphatic carbocycles. The zero-order chi connectivity index (χ0) is 18.3. The van der Waals surface area contributed by atoms with Gasteiger partial charge in [-0.1, -0.05) is 26.3 Å². The van der Waals surface area contributed by atoms with Crippen LogP contribution in [-0.4, -0.2) is 11.8 Å². The molecule has 0 heterocycles. The monoisotopic (exact) mass is 354 g/mol. The van der Waals surface area contributed by atoms with Crippen molar-refractivity contribution in [3.8, 4) is 5.75 Å². The summed E-state index contributed by atoms with van der Waals surface area (Å²) in [7, 11) is 0. The smallest absolute Gasteiger partial charge is 0.311 e. The molecule has 2 saturated carbocycles. The van der Waals surface area contributed by atoms with E-state index in [1.807, 2.05) is 6.07 Å². The first-order valence-corrected chi connectivity index (χ1v) is 10.4. The molecule has 0 bridgehead atoms. The van der Waals surface area contributed by atoms with E-state index in [4.69, 9.17) is 4.74 Å². The minimum Gasteiger partial charge on any atom is -0.427 e. The van der Waals surface area contributed by atoms with E-state index in [2.05, 4.69) is 26.0 Å². The van der Waals surface area contributed by atoms with E-state index in [1.54, 1.807) is 0 Å². The van der Waals surface area contributed by atoms with Crippen LogP contribution in [0.4, 0.5) is 0 Å². The van der Waals surface area contributed by atoms with E-state index >= 15 is 0 Å². The van der Waals surface area contributed by atoms with Crippen LogP contribution >= 0.6 is 0 Å². The molecule has 3 aliphatic rings. The lowest BCUT2D eigenvalue weighted by Gasteiger charge is -2.48. The normalized spacial score (nSPS) is 32.5. The van der Waals surface area contributed by atoms with Gasteiger partial charge in [0.15, 0.2) is 0 Å². The predicted molar refractivity (Wildman–Crippen MR) is 101 cm³/mol. The van der Waals surface area contributed by atoms with Crippen molar-refractivity contribution in [1.82, 2.24) is 0 Å². The van der Waals surface area contributed by atoms with Gasteiger partial charge < -0.3 is 4.74 Å². The number of carbonyl (C=O) groups excluding carboxylic acids is 2. The van der Waals surface area contributed by atoms with E-state index in [-0.39, 0.29) is 11.4 Å². The first kappa shape index (κ1) is 17.8. The first-order valence-electron chi connectivity index (χ1n) is 10.4. The maximum atomic E-state index is 12.4. The molecule has 1 aromatic carbocycles. The van der Waals surface area contributed by atoms with E-state index in [1.165, 1.54) is 17.5 Å². The molecule has 26 heavy (non-hydrogen) atoms. The summed E-state index contributed by atoms with van der Waals surface area (Å²) in [6.07, 6.45) is 8.60. The van der Waals surface area contributed by atoms with Crippen molar-refractivity contribution in [2.24, 2.45) is 17.3 Å². The summed E-state index contributed by atoms with van der Waals surface area (Å²) in [6, 6.07) is 6.25. The van der Waals surface area contributed by atoms with Crippen LogP contribution in [0, 0.1) is 17.3 Å². The Kier molecular flexibility index (Phi) is 4.66. The van der Waals surface area contributed by atoms with Gasteiger partial charge in [-0.05, 0) is 79.5 Å². The molecule has 0 spiro atoms. The number of carbonyl (C=O) groups is 2. The number of Topliss-reactive ketones (excluding diaryl/α,β-unsaturated/α-hetero) is 1. The Morgan fingerprint density at radius 1 is 1.23 bits per heavy atom. The van der Waals surface area contributed by atoms with Gasteiger partial charge in [-0.3, -0.25) is 9.59 Å². The van der Waals surface area contributed by atoms with Gasteiger partial charge in [-0.15, -0.1) is 0 Å². The van der Waals surface area contributed by atoms with Gasteiger partial charge in [-0.25, -0.2) is 0 Å². The molecule has 0 aliphatic heterocycles. The molecule has 140 valence electrons. The van der Waals surface area contributed by atoms with Gasteiger partial charge in [0.1, 0.15) is 11.5 Å². The third kappa shape index (κ3) is 2.90. The number of aryl methyl sites for hydroxylation is 1. The molecule has 0 unspecified atom stereocenters. The summed E-state index contributed by atoms with van der Waals surface area (Å²) in [4.78, 5) is 24.3. The summed E-state index contributed by atoms with van der Waals surface area (Å²) in [6.45, 7) is 4.30. The highest BCUT2D eigenvalue weighted by molar-refractivity contribution is 5.87. The molecule has 0 radical (unpaired) electrons. The van der Waals surface area contributed by atoms with Crippen molar-refractivity contribution in [2.45, 2.75) is 77.6 Å². The fourth-order valence-electron chi connectivity index (χ4n) is 5.90. The number of rotatable bonds is 4. The first-order chi connectivity index (χ1) is 12.5. The number of hydrogen-bond donors (Lipinski definition) is 0. The Bertz CT molecular complexity index is 722. The average molecular weight is 354 g/mol. The Hall–Kier alpha value is -1.64. The summed E-state index contributed by atoms with van der Waals surface area (Å²) < 4.78 is 5.53. The van der Waals surface area contributed by atoms with Gasteiger partial charge >= 0.3 is 5.97 Å². The van der Waals surface area contributed by atoms with Crippen LogP contribution in [0.2, 0.25) is 0 Å². The zero-order valence-corrected chi connectivity index (χ0v) is 16.1. The molecule has 4 rings (SSSR count). The van der Waals surface area contributed by atoms with Gasteiger partial charge in [0.05, 0.1) is 0 Å². The maximum absolute atomic E-state index is 12.4. The molecule has 0 saturated heterocycles. The lowest BCUT2D eigenvalue weighted by Crippen LogP contribution is -2.42. The molecule has 0 N–H and O–H groups in total. The fraction of sp³-hybridized carbons (Fsp3) is 0.652. The van der Waals surface area contributed by atoms with Crippen LogP contribution in [0.5, 0.6) is 5.75 Å². The van der Waals surface area contributed by atoms with Crippen molar-refractivity contribution in [2.75, 3.05) is 0 Å². The van der Waals surface area contributed by atoms with Crippen molar-refractivity contribution in [3.63, 3.8) is 0 Å². The maximum Gasteiger partial charge on any atom is 0.311 e. The number of fused-ring (bicyclic) bond motifs is 5. The number of unbranched alkanes of at least 4 members (excludes halogenated alkanes) is 1. The van der Waals surface area contributed by atoms with Crippen LogP contribution in [-0.2, 0) is 16.0 Å². The van der Waals surface area contributed by atoms with Gasteiger partial charge in [0, 0.05) is 18.3 Å². The Balaban J connectivity index is 1.52. The summed E-state index contributed by atoms with van der Waals surface area (Å²) in [5, 5.41) is 0. The van der Waals surface area contributed by atoms with Crippen molar-refractivity contribution in [3.05, 3.63) is 29.3 Å². The van der Waals surface area contributed by atoms with Gasteiger partial charge in [-0.2, -0.15) is 0 Å². The lowest BCUT2D eigenvalue weighted by molar-refractivity contribution is -0.134. The van der Waals surface area contributed by atoms with Crippen LogP contribution in [0.1, 0.15) is 82.3 Å². The number of ether oxygens (including phenoxy) is 1. The summed E-state index contributed by atoms with van der Waals surface area (Å²) >= 11 is 0. The predicted octanol–water partition coefficient (Wildman–Crippen LogP) is 5.21. The van der Waals surface area contributed by atoms with Gasteiger partial charge in [0.25, 0.3) is 0 Å². The van der Waals surface area contributed by atoms with Crippen molar-refractivity contribution in [1.29, 1.82) is 0 Å². The van der Waals surface area contributed by atoms with E-state index in [0.29, 0.717) is 35.7 Å². The molecule has 3 heteroatoms. The number of ketones is 1. The van der Waals surface area contributed by atoms with E-state index in [9.17, 15) is 9.59 Å². The highest BCUT2D eigenvalue weighted by Gasteiger charge is 2.54. The van der Waals surface area contributed by atoms with Gasteiger partial charge in [0.2, 0.25) is 0 Å². The Labute approximate surface area is 156 Å². The molecule has 0 aromatic heterocycles. The minimum atomic E-state index is -0.126. The van der Waals surface area contributed by atoms with Crippen molar-refractivity contribution < 1.29 is 14.3 Å². The van der Waals surface area contributed by atoms with Crippen LogP contribution in [0.15, 0.2) is 18.2 Å². The third-order valence-electron chi connectivity index (χ3n) is 7.37. The van der Waals surface area contributed by atoms with Crippen LogP contribution < -0.4 is 4.74 Å². The quantitative estimate of drug-likeness (QED) is 0.551. The molecule has 0 amide bonds. The standard InChI is InChI=1S/C23H30O3/c1-3-4-5-22(25)26-16-7-9-17-15(14-16)6-8-19-18(17)12-13-23(2)20(19)10-11-21(23)24/h7,9,14,18-20H,3-6,8,10-13H2,1-2H3/t18-,19+,20+,23-/m0/s1. The molecular formula is C23H30O3. The zero-order valence-electron chi connectivity index (χ0n) is 16.1. The second-order valence-corrected chi connectivity index (χ2v) is 8.77. The fourth-order valence-corrected chi connectivity index (χ4v) is 5.90. The van der Waals surface area contributed by atoms with Crippen molar-refractivity contribution >= 4 is 11.8 Å². The topological polar surface area (TPSA) is 43.4 Å². The second kappa shape index (κ2) is 6.83. The SMILES string of the molecule is CCCCC(=O)Oc1ccc2c(c1)CC[C@H]1[C@H]3CCC(=O)[C@@]3(C)CC[C@@H]21. The van der Waals surface area contributed by atoms with Crippen LogP contribution in [0.25, 0.3) is 0 Å². The molecular weight excluding hydrogens is 324 g/mol. The Morgan fingerprint density at radius 2 is 2.08 bits per heavy atom. The highest BCUT2D eigenvalue weighted by Crippen LogP contribution is 2.59. The number of hydrogen-bond acceptors (Lipinski definition) is 3. The lowest BCUT2D eigenvalue weighted by atomic mass is 9.55. The third-order valence-corrected chi connectivity index (χ3v) is 7.37. The average Bonchev–Trinajstić information content (AvgIpc) is 2.94. The molecule has 3 nitrogen and oxygen atoms in total. The van der Waals surface area contributed by atoms with E-state index < -0.39 is 0 Å². The molecule has 2 fully saturated rings. The molecule has 4 atom stereocenters. The Morgan fingerprint density at radius 3 is 2.88 bits per heavy atom. The minimum absolute atomic E-state index is 0.0621. The number of benzene rings is 1. The summed E-state index contributed by atoms with van der Waals surface area (Å²) in [5.41, 5.74) is 2.73. The molecule has 1 aromatic rings. The second-order valence-electron chi connectivity index (χ2n) is 8.77.